The molecule has 1 N–H and O–H groups in total. The lowest BCUT2D eigenvalue weighted by Crippen LogP contribution is -2.32. The van der Waals surface area contributed by atoms with Gasteiger partial charge in [-0.3, -0.25) is 5.43 Å². The molecule has 0 saturated carbocycles. The second kappa shape index (κ2) is 9.93. The van der Waals surface area contributed by atoms with Gasteiger partial charge in [-0.2, -0.15) is 0 Å². The Bertz CT molecular complexity index is 2370. The molecule has 222 valence electrons. The van der Waals surface area contributed by atoms with Gasteiger partial charge in [0.25, 0.3) is 0 Å². The van der Waals surface area contributed by atoms with Crippen molar-refractivity contribution in [2.45, 2.75) is 11.6 Å². The Morgan fingerprint density at radius 1 is 0.511 bits per heavy atom. The number of rotatable bonds is 3. The smallest absolute Gasteiger partial charge is 0.240 e. The third kappa shape index (κ3) is 3.61. The van der Waals surface area contributed by atoms with E-state index in [0.29, 0.717) is 5.90 Å². The van der Waals surface area contributed by atoms with Gasteiger partial charge in [0.1, 0.15) is 11.5 Å². The predicted molar refractivity (Wildman–Crippen MR) is 187 cm³/mol. The molecular formula is C43H28N2O2. The number of hydrogen-bond donors (Lipinski definition) is 1. The maximum atomic E-state index is 7.01. The molecule has 0 fully saturated rings. The fraction of sp³-hybridized carbons (Fsp3) is 0.0465. The molecule has 0 radical (unpaired) electrons. The number of fused-ring (bicyclic) bond motifs is 10. The first-order valence-corrected chi connectivity index (χ1v) is 16.0. The summed E-state index contributed by atoms with van der Waals surface area (Å²) in [6.07, 6.45) is -0.486. The summed E-state index contributed by atoms with van der Waals surface area (Å²) in [5.74, 6) is 2.30. The molecule has 4 nitrogen and oxygen atoms in total. The highest BCUT2D eigenvalue weighted by molar-refractivity contribution is 5.98. The third-order valence-corrected chi connectivity index (χ3v) is 9.93. The van der Waals surface area contributed by atoms with Crippen LogP contribution in [0.1, 0.15) is 39.6 Å². The van der Waals surface area contributed by atoms with E-state index in [9.17, 15) is 0 Å². The van der Waals surface area contributed by atoms with Gasteiger partial charge in [-0.1, -0.05) is 140 Å². The molecule has 0 bridgehead atoms. The van der Waals surface area contributed by atoms with Crippen LogP contribution >= 0.6 is 0 Å². The number of nitrogens with zero attached hydrogens (tertiary/aromatic N) is 1. The SMILES string of the molecule is c1ccc(C2=NNC(c3c(-c4cccc5c4Oc4ccccc4C54c5ccccc5-c5ccccc54)ccc4ccccc34)O2)cc1. The zero-order valence-electron chi connectivity index (χ0n) is 25.4. The summed E-state index contributed by atoms with van der Waals surface area (Å²) in [4.78, 5) is 0. The molecule has 3 aliphatic rings. The second-order valence-electron chi connectivity index (χ2n) is 12.3. The molecule has 4 heteroatoms. The summed E-state index contributed by atoms with van der Waals surface area (Å²) >= 11 is 0. The van der Waals surface area contributed by atoms with E-state index in [-0.39, 0.29) is 0 Å². The molecule has 7 aromatic carbocycles. The standard InChI is InChI=1S/C43H28N2O2/c1-2-14-28(15-3-1)41-44-45-42(47-41)39-29-16-5-4-13-27(29)25-26-32(39)33-19-12-23-37-40(33)46-38-24-11-10-22-36(38)43(37)34-20-8-6-17-30(34)31-18-7-9-21-35(31)43/h1-26,42,45H. The average Bonchev–Trinajstić information content (AvgIpc) is 3.74. The van der Waals surface area contributed by atoms with Crippen LogP contribution in [0, 0.1) is 0 Å². The van der Waals surface area contributed by atoms with Gasteiger partial charge in [0.2, 0.25) is 12.1 Å². The maximum Gasteiger partial charge on any atom is 0.240 e. The number of benzene rings is 7. The molecule has 1 spiro atoms. The second-order valence-corrected chi connectivity index (χ2v) is 12.3. The Hall–Kier alpha value is -6.13. The van der Waals surface area contributed by atoms with Crippen molar-refractivity contribution in [2.24, 2.45) is 5.10 Å². The minimum absolute atomic E-state index is 0.486. The van der Waals surface area contributed by atoms with E-state index in [1.54, 1.807) is 0 Å². The van der Waals surface area contributed by atoms with Crippen LogP contribution in [0.2, 0.25) is 0 Å². The number of hydrogen-bond acceptors (Lipinski definition) is 4. The highest BCUT2D eigenvalue weighted by Gasteiger charge is 2.51. The summed E-state index contributed by atoms with van der Waals surface area (Å²) in [5.41, 5.74) is 14.1. The zero-order valence-corrected chi connectivity index (χ0v) is 25.4. The predicted octanol–water partition coefficient (Wildman–Crippen LogP) is 9.96. The van der Waals surface area contributed by atoms with Gasteiger partial charge < -0.3 is 9.47 Å². The van der Waals surface area contributed by atoms with Crippen molar-refractivity contribution in [3.05, 3.63) is 191 Å². The normalized spacial score (nSPS) is 16.3. The molecule has 1 aliphatic carbocycles. The quantitative estimate of drug-likeness (QED) is 0.218. The summed E-state index contributed by atoms with van der Waals surface area (Å²) in [7, 11) is 0. The van der Waals surface area contributed by atoms with Gasteiger partial charge >= 0.3 is 0 Å². The summed E-state index contributed by atoms with van der Waals surface area (Å²) in [5, 5.41) is 6.88. The Morgan fingerprint density at radius 3 is 1.96 bits per heavy atom. The summed E-state index contributed by atoms with van der Waals surface area (Å²) in [6.45, 7) is 0. The monoisotopic (exact) mass is 604 g/mol. The lowest BCUT2D eigenvalue weighted by Gasteiger charge is -2.40. The van der Waals surface area contributed by atoms with Crippen molar-refractivity contribution >= 4 is 16.7 Å². The van der Waals surface area contributed by atoms with Crippen LogP contribution in [0.25, 0.3) is 33.0 Å². The van der Waals surface area contributed by atoms with Crippen LogP contribution in [-0.4, -0.2) is 5.90 Å². The molecule has 2 heterocycles. The summed E-state index contributed by atoms with van der Waals surface area (Å²) in [6, 6.07) is 55.6. The fourth-order valence-electron chi connectivity index (χ4n) is 8.02. The van der Waals surface area contributed by atoms with E-state index in [4.69, 9.17) is 9.47 Å². The third-order valence-electron chi connectivity index (χ3n) is 9.93. The van der Waals surface area contributed by atoms with Crippen LogP contribution in [-0.2, 0) is 10.2 Å². The Balaban J connectivity index is 1.23. The van der Waals surface area contributed by atoms with Crippen LogP contribution in [0.3, 0.4) is 0 Å². The van der Waals surface area contributed by atoms with E-state index in [1.165, 1.54) is 22.3 Å². The van der Waals surface area contributed by atoms with Crippen molar-refractivity contribution in [3.8, 4) is 33.8 Å². The van der Waals surface area contributed by atoms with Crippen LogP contribution in [0.4, 0.5) is 0 Å². The van der Waals surface area contributed by atoms with Gasteiger partial charge in [0.15, 0.2) is 0 Å². The van der Waals surface area contributed by atoms with Crippen molar-refractivity contribution < 1.29 is 9.47 Å². The minimum Gasteiger partial charge on any atom is -0.456 e. The summed E-state index contributed by atoms with van der Waals surface area (Å²) < 4.78 is 13.6. The molecule has 47 heavy (non-hydrogen) atoms. The van der Waals surface area contributed by atoms with Crippen molar-refractivity contribution in [3.63, 3.8) is 0 Å². The largest absolute Gasteiger partial charge is 0.456 e. The molecule has 10 rings (SSSR count). The number of para-hydroxylation sites is 2. The van der Waals surface area contributed by atoms with Crippen LogP contribution in [0.15, 0.2) is 163 Å². The molecule has 1 atom stereocenters. The average molecular weight is 605 g/mol. The van der Waals surface area contributed by atoms with Crippen molar-refractivity contribution in [2.75, 3.05) is 0 Å². The highest BCUT2D eigenvalue weighted by Crippen LogP contribution is 2.63. The Kier molecular flexibility index (Phi) is 5.52. The zero-order chi connectivity index (χ0) is 31.0. The molecule has 2 aliphatic heterocycles. The van der Waals surface area contributed by atoms with Crippen LogP contribution < -0.4 is 10.2 Å². The van der Waals surface area contributed by atoms with Crippen molar-refractivity contribution in [1.82, 2.24) is 5.43 Å². The first-order valence-electron chi connectivity index (χ1n) is 16.0. The number of hydrazone groups is 1. The molecule has 7 aromatic rings. The fourth-order valence-corrected chi connectivity index (χ4v) is 8.02. The maximum absolute atomic E-state index is 7.01. The van der Waals surface area contributed by atoms with Gasteiger partial charge in [-0.15, -0.1) is 5.10 Å². The molecule has 0 saturated heterocycles. The topological polar surface area (TPSA) is 42.9 Å². The van der Waals surface area contributed by atoms with Gasteiger partial charge in [0.05, 0.1) is 5.41 Å². The van der Waals surface area contributed by atoms with Gasteiger partial charge in [-0.05, 0) is 56.8 Å². The minimum atomic E-state index is -0.532. The van der Waals surface area contributed by atoms with Crippen molar-refractivity contribution in [1.29, 1.82) is 0 Å². The number of ether oxygens (including phenoxy) is 2. The first-order chi connectivity index (χ1) is 23.3. The van der Waals surface area contributed by atoms with E-state index in [0.717, 1.165) is 55.7 Å². The molecule has 0 aromatic heterocycles. The highest BCUT2D eigenvalue weighted by atomic mass is 16.5. The Labute approximate surface area is 272 Å². The van der Waals surface area contributed by atoms with Crippen LogP contribution in [0.5, 0.6) is 11.5 Å². The van der Waals surface area contributed by atoms with E-state index in [1.807, 2.05) is 30.3 Å². The lowest BCUT2D eigenvalue weighted by atomic mass is 9.65. The van der Waals surface area contributed by atoms with E-state index in [2.05, 4.69) is 138 Å². The van der Waals surface area contributed by atoms with Gasteiger partial charge in [0, 0.05) is 27.8 Å². The molecule has 0 amide bonds. The lowest BCUT2D eigenvalue weighted by molar-refractivity contribution is 0.194. The van der Waals surface area contributed by atoms with Gasteiger partial charge in [-0.25, -0.2) is 0 Å². The molecular weight excluding hydrogens is 576 g/mol. The molecule has 1 unspecified atom stereocenters. The van der Waals surface area contributed by atoms with E-state index >= 15 is 0 Å². The number of nitrogens with one attached hydrogen (secondary N) is 1. The van der Waals surface area contributed by atoms with E-state index < -0.39 is 11.6 Å². The first kappa shape index (κ1) is 26.1. The Morgan fingerprint density at radius 2 is 1.15 bits per heavy atom.